The van der Waals surface area contributed by atoms with Crippen molar-refractivity contribution in [2.75, 3.05) is 44.3 Å². The van der Waals surface area contributed by atoms with Crippen molar-refractivity contribution < 1.29 is 13.9 Å². The fraction of sp³-hybridized carbons (Fsp3) is 0.391. The van der Waals surface area contributed by atoms with Crippen LogP contribution in [0.25, 0.3) is 17.0 Å². The summed E-state index contributed by atoms with van der Waals surface area (Å²) >= 11 is 0. The summed E-state index contributed by atoms with van der Waals surface area (Å²) in [6, 6.07) is 1.73. The third-order valence-electron chi connectivity index (χ3n) is 6.22. The molecule has 0 radical (unpaired) electrons. The van der Waals surface area contributed by atoms with Gasteiger partial charge in [-0.2, -0.15) is 10.1 Å². The van der Waals surface area contributed by atoms with E-state index < -0.39 is 0 Å². The molecule has 32 heavy (non-hydrogen) atoms. The van der Waals surface area contributed by atoms with Crippen LogP contribution < -0.4 is 4.90 Å². The van der Waals surface area contributed by atoms with E-state index in [1.54, 1.807) is 15.6 Å². The maximum Gasteiger partial charge on any atom is 0.289 e. The Balaban J connectivity index is 1.41. The van der Waals surface area contributed by atoms with E-state index in [2.05, 4.69) is 34.3 Å². The summed E-state index contributed by atoms with van der Waals surface area (Å²) in [5.74, 6) is 1.65. The number of likely N-dealkylation sites (tertiary alicyclic amines) is 1. The molecule has 2 aliphatic heterocycles. The van der Waals surface area contributed by atoms with Crippen molar-refractivity contribution in [3.8, 4) is 5.95 Å². The van der Waals surface area contributed by atoms with Crippen LogP contribution in [0.2, 0.25) is 0 Å². The Morgan fingerprint density at radius 3 is 2.72 bits per heavy atom. The first kappa shape index (κ1) is 19.2. The molecule has 0 aromatic carbocycles. The molecule has 1 amide bonds. The molecule has 6 rings (SSSR count). The Hall–Kier alpha value is -3.46. The minimum absolute atomic E-state index is 0.0951. The van der Waals surface area contributed by atoms with Crippen LogP contribution in [0.5, 0.6) is 0 Å². The Bertz CT molecular complexity index is 1220. The van der Waals surface area contributed by atoms with Crippen LogP contribution in [-0.2, 0) is 4.74 Å². The SMILES string of the molecule is O=C(c1cc2nc(-n3cc(C4C=CC=CC4)cn3)nc(N3CCOCC3)c2o1)N1CCC1. The monoisotopic (exact) mass is 432 g/mol. The summed E-state index contributed by atoms with van der Waals surface area (Å²) in [5.41, 5.74) is 2.26. The highest BCUT2D eigenvalue weighted by Crippen LogP contribution is 2.30. The number of anilines is 1. The molecular formula is C23H24N6O3. The van der Waals surface area contributed by atoms with E-state index in [0.29, 0.717) is 60.8 Å². The number of fused-ring (bicyclic) bond motifs is 1. The van der Waals surface area contributed by atoms with E-state index in [1.165, 1.54) is 0 Å². The molecule has 0 saturated carbocycles. The largest absolute Gasteiger partial charge is 0.445 e. The van der Waals surface area contributed by atoms with Crippen molar-refractivity contribution in [3.63, 3.8) is 0 Å². The van der Waals surface area contributed by atoms with Crippen molar-refractivity contribution in [1.29, 1.82) is 0 Å². The summed E-state index contributed by atoms with van der Waals surface area (Å²) in [5, 5.41) is 4.53. The minimum atomic E-state index is -0.0951. The molecule has 3 aliphatic rings. The summed E-state index contributed by atoms with van der Waals surface area (Å²) in [7, 11) is 0. The number of ether oxygens (including phenoxy) is 1. The van der Waals surface area contributed by atoms with Crippen LogP contribution in [0.3, 0.4) is 0 Å². The highest BCUT2D eigenvalue weighted by Gasteiger charge is 2.28. The molecule has 9 nitrogen and oxygen atoms in total. The standard InChI is InChI=1S/C23H24N6O3/c30-22(28-7-4-8-28)19-13-18-20(32-19)21(27-9-11-31-12-10-27)26-23(25-18)29-15-17(14-24-29)16-5-2-1-3-6-16/h1-3,5,13-16H,4,6-12H2. The number of furan rings is 1. The quantitative estimate of drug-likeness (QED) is 0.626. The normalized spacial score (nSPS) is 20.7. The van der Waals surface area contributed by atoms with Gasteiger partial charge in [0.1, 0.15) is 5.52 Å². The van der Waals surface area contributed by atoms with Gasteiger partial charge in [-0.3, -0.25) is 4.79 Å². The molecular weight excluding hydrogens is 408 g/mol. The van der Waals surface area contributed by atoms with E-state index in [-0.39, 0.29) is 5.91 Å². The number of allylic oxidation sites excluding steroid dienone is 4. The van der Waals surface area contributed by atoms with Gasteiger partial charge >= 0.3 is 0 Å². The van der Waals surface area contributed by atoms with Crippen molar-refractivity contribution in [2.24, 2.45) is 0 Å². The summed E-state index contributed by atoms with van der Waals surface area (Å²) < 4.78 is 13.2. The van der Waals surface area contributed by atoms with Gasteiger partial charge in [0.25, 0.3) is 11.9 Å². The van der Waals surface area contributed by atoms with Crippen LogP contribution in [0.1, 0.15) is 34.9 Å². The number of rotatable bonds is 4. The number of carbonyl (C=O) groups excluding carboxylic acids is 1. The van der Waals surface area contributed by atoms with Crippen molar-refractivity contribution >= 4 is 22.8 Å². The Morgan fingerprint density at radius 1 is 1.09 bits per heavy atom. The molecule has 2 fully saturated rings. The van der Waals surface area contributed by atoms with E-state index >= 15 is 0 Å². The lowest BCUT2D eigenvalue weighted by molar-refractivity contribution is 0.0621. The van der Waals surface area contributed by atoms with Crippen molar-refractivity contribution in [1.82, 2.24) is 24.6 Å². The van der Waals surface area contributed by atoms with Crippen LogP contribution >= 0.6 is 0 Å². The zero-order chi connectivity index (χ0) is 21.5. The molecule has 3 aromatic heterocycles. The molecule has 1 atom stereocenters. The molecule has 0 N–H and O–H groups in total. The number of hydrogen-bond donors (Lipinski definition) is 0. The van der Waals surface area contributed by atoms with E-state index in [4.69, 9.17) is 19.1 Å². The number of hydrogen-bond acceptors (Lipinski definition) is 7. The zero-order valence-corrected chi connectivity index (χ0v) is 17.7. The summed E-state index contributed by atoms with van der Waals surface area (Å²) in [6.07, 6.45) is 14.3. The van der Waals surface area contributed by atoms with Crippen LogP contribution in [0.4, 0.5) is 5.82 Å². The molecule has 5 heterocycles. The molecule has 9 heteroatoms. The van der Waals surface area contributed by atoms with Gasteiger partial charge in [0.05, 0.1) is 19.4 Å². The number of aromatic nitrogens is 4. The number of carbonyl (C=O) groups is 1. The summed E-state index contributed by atoms with van der Waals surface area (Å²) in [4.78, 5) is 26.2. The van der Waals surface area contributed by atoms with Gasteiger partial charge in [-0.25, -0.2) is 9.67 Å². The maximum absolute atomic E-state index is 12.7. The highest BCUT2D eigenvalue weighted by atomic mass is 16.5. The van der Waals surface area contributed by atoms with Gasteiger partial charge in [-0.15, -0.1) is 0 Å². The first-order valence-electron chi connectivity index (χ1n) is 11.1. The second-order valence-corrected chi connectivity index (χ2v) is 8.29. The molecule has 0 spiro atoms. The molecule has 2 saturated heterocycles. The smallest absolute Gasteiger partial charge is 0.289 e. The first-order chi connectivity index (χ1) is 15.8. The van der Waals surface area contributed by atoms with Crippen LogP contribution in [-0.4, -0.2) is 69.9 Å². The lowest BCUT2D eigenvalue weighted by Crippen LogP contribution is -2.41. The third-order valence-corrected chi connectivity index (χ3v) is 6.22. The first-order valence-corrected chi connectivity index (χ1v) is 11.1. The van der Waals surface area contributed by atoms with Gasteiger partial charge in [-0.05, 0) is 18.4 Å². The van der Waals surface area contributed by atoms with Gasteiger partial charge in [0.15, 0.2) is 17.2 Å². The van der Waals surface area contributed by atoms with E-state index in [1.807, 2.05) is 12.4 Å². The predicted molar refractivity (Wildman–Crippen MR) is 118 cm³/mol. The second-order valence-electron chi connectivity index (χ2n) is 8.29. The molecule has 1 aliphatic carbocycles. The van der Waals surface area contributed by atoms with Crippen LogP contribution in [0.15, 0.2) is 47.2 Å². The van der Waals surface area contributed by atoms with E-state index in [9.17, 15) is 4.79 Å². The molecule has 0 bridgehead atoms. The zero-order valence-electron chi connectivity index (χ0n) is 17.7. The molecule has 1 unspecified atom stereocenters. The van der Waals surface area contributed by atoms with Crippen molar-refractivity contribution in [3.05, 3.63) is 54.1 Å². The highest BCUT2D eigenvalue weighted by molar-refractivity contribution is 5.97. The average Bonchev–Trinajstić information content (AvgIpc) is 3.46. The van der Waals surface area contributed by atoms with Gasteiger partial charge in [0, 0.05) is 44.4 Å². The molecule has 164 valence electrons. The Morgan fingerprint density at radius 2 is 1.97 bits per heavy atom. The van der Waals surface area contributed by atoms with Gasteiger partial charge < -0.3 is 19.0 Å². The minimum Gasteiger partial charge on any atom is -0.445 e. The number of amides is 1. The lowest BCUT2D eigenvalue weighted by Gasteiger charge is -2.29. The fourth-order valence-electron chi connectivity index (χ4n) is 4.24. The third kappa shape index (κ3) is 3.38. The van der Waals surface area contributed by atoms with Crippen LogP contribution in [0, 0.1) is 0 Å². The Labute approximate surface area is 185 Å². The predicted octanol–water partition coefficient (Wildman–Crippen LogP) is 2.69. The fourth-order valence-corrected chi connectivity index (χ4v) is 4.24. The van der Waals surface area contributed by atoms with Crippen molar-refractivity contribution in [2.45, 2.75) is 18.8 Å². The lowest BCUT2D eigenvalue weighted by atomic mass is 9.95. The topological polar surface area (TPSA) is 89.5 Å². The van der Waals surface area contributed by atoms with Gasteiger partial charge in [-0.1, -0.05) is 24.3 Å². The second kappa shape index (κ2) is 7.90. The number of morpholine rings is 1. The molecule has 3 aromatic rings. The van der Waals surface area contributed by atoms with Gasteiger partial charge in [0.2, 0.25) is 0 Å². The average molecular weight is 432 g/mol. The number of nitrogens with zero attached hydrogens (tertiary/aromatic N) is 6. The Kier molecular flexibility index (Phi) is 4.75. The maximum atomic E-state index is 12.7. The summed E-state index contributed by atoms with van der Waals surface area (Å²) in [6.45, 7) is 4.17. The van der Waals surface area contributed by atoms with E-state index in [0.717, 1.165) is 31.5 Å².